The fourth-order valence-electron chi connectivity index (χ4n) is 3.06. The molecule has 1 heterocycles. The molecular formula is C22H22F2N4O3. The molecule has 0 saturated heterocycles. The van der Waals surface area contributed by atoms with Gasteiger partial charge in [-0.15, -0.1) is 0 Å². The van der Waals surface area contributed by atoms with Gasteiger partial charge in [0.15, 0.2) is 5.82 Å². The Morgan fingerprint density at radius 3 is 2.32 bits per heavy atom. The van der Waals surface area contributed by atoms with Crippen molar-refractivity contribution in [3.8, 4) is 0 Å². The number of aromatic nitrogens is 2. The van der Waals surface area contributed by atoms with E-state index >= 15 is 0 Å². The van der Waals surface area contributed by atoms with E-state index in [-0.39, 0.29) is 17.9 Å². The molecule has 2 atom stereocenters. The summed E-state index contributed by atoms with van der Waals surface area (Å²) in [4.78, 5) is 29.1. The second-order valence-electron chi connectivity index (χ2n) is 7.17. The van der Waals surface area contributed by atoms with Crippen molar-refractivity contribution in [2.75, 3.05) is 0 Å². The second kappa shape index (κ2) is 9.92. The molecule has 3 rings (SSSR count). The van der Waals surface area contributed by atoms with Gasteiger partial charge in [-0.2, -0.15) is 4.98 Å². The molecule has 0 unspecified atom stereocenters. The van der Waals surface area contributed by atoms with Crippen molar-refractivity contribution in [2.24, 2.45) is 0 Å². The van der Waals surface area contributed by atoms with Crippen LogP contribution in [0, 0.1) is 18.6 Å². The molecule has 0 fully saturated rings. The van der Waals surface area contributed by atoms with Crippen LogP contribution >= 0.6 is 0 Å². The molecular weight excluding hydrogens is 406 g/mol. The third kappa shape index (κ3) is 6.43. The average Bonchev–Trinajstić information content (AvgIpc) is 3.13. The van der Waals surface area contributed by atoms with Gasteiger partial charge in [0.1, 0.15) is 23.7 Å². The highest BCUT2D eigenvalue weighted by molar-refractivity contribution is 5.88. The molecule has 0 spiro atoms. The Bertz CT molecular complexity index is 1040. The molecule has 2 amide bonds. The van der Waals surface area contributed by atoms with Gasteiger partial charge in [0, 0.05) is 12.5 Å². The fourth-order valence-corrected chi connectivity index (χ4v) is 3.06. The number of hydrogen-bond donors (Lipinski definition) is 2. The molecule has 0 aliphatic heterocycles. The molecule has 7 nitrogen and oxygen atoms in total. The van der Waals surface area contributed by atoms with Gasteiger partial charge in [-0.05, 0) is 37.1 Å². The van der Waals surface area contributed by atoms with Crippen LogP contribution in [0.1, 0.15) is 35.8 Å². The first-order valence-electron chi connectivity index (χ1n) is 9.69. The van der Waals surface area contributed by atoms with E-state index in [2.05, 4.69) is 20.8 Å². The lowest BCUT2D eigenvalue weighted by Crippen LogP contribution is -2.46. The number of aryl methyl sites for hydroxylation is 1. The first kappa shape index (κ1) is 22.1. The van der Waals surface area contributed by atoms with Crippen LogP contribution < -0.4 is 10.6 Å². The van der Waals surface area contributed by atoms with Gasteiger partial charge in [0.25, 0.3) is 0 Å². The minimum atomic E-state index is -0.895. The van der Waals surface area contributed by atoms with Crippen molar-refractivity contribution in [2.45, 2.75) is 38.8 Å². The van der Waals surface area contributed by atoms with Crippen molar-refractivity contribution >= 4 is 11.8 Å². The predicted molar refractivity (Wildman–Crippen MR) is 108 cm³/mol. The number of nitrogens with one attached hydrogen (secondary N) is 2. The highest BCUT2D eigenvalue weighted by Gasteiger charge is 2.24. The number of hydrogen-bond acceptors (Lipinski definition) is 5. The molecule has 0 bridgehead atoms. The van der Waals surface area contributed by atoms with Gasteiger partial charge in [0.2, 0.25) is 17.7 Å². The summed E-state index contributed by atoms with van der Waals surface area (Å²) in [5.74, 6) is -1.86. The van der Waals surface area contributed by atoms with Gasteiger partial charge in [-0.25, -0.2) is 8.78 Å². The zero-order chi connectivity index (χ0) is 22.4. The Labute approximate surface area is 177 Å². The van der Waals surface area contributed by atoms with Crippen LogP contribution in [-0.4, -0.2) is 28.0 Å². The second-order valence-corrected chi connectivity index (χ2v) is 7.17. The molecule has 2 N–H and O–H groups in total. The van der Waals surface area contributed by atoms with Gasteiger partial charge >= 0.3 is 0 Å². The SMILES string of the molecule is Cc1noc([C@H](Cc2ccccc2)NC(=O)[C@H](C)NC(=O)Cc2cc(F)cc(F)c2)n1. The van der Waals surface area contributed by atoms with Gasteiger partial charge < -0.3 is 15.2 Å². The zero-order valence-electron chi connectivity index (χ0n) is 17.1. The summed E-state index contributed by atoms with van der Waals surface area (Å²) in [7, 11) is 0. The number of nitrogens with zero attached hydrogens (tertiary/aromatic N) is 2. The van der Waals surface area contributed by atoms with Crippen LogP contribution in [0.25, 0.3) is 0 Å². The first-order chi connectivity index (χ1) is 14.8. The van der Waals surface area contributed by atoms with Crippen LogP contribution in [0.3, 0.4) is 0 Å². The van der Waals surface area contributed by atoms with Crippen LogP contribution in [0.4, 0.5) is 8.78 Å². The van der Waals surface area contributed by atoms with Crippen molar-refractivity contribution in [1.82, 2.24) is 20.8 Å². The monoisotopic (exact) mass is 428 g/mol. The molecule has 2 aromatic carbocycles. The lowest BCUT2D eigenvalue weighted by molar-refractivity contribution is -0.128. The summed E-state index contributed by atoms with van der Waals surface area (Å²) in [6, 6.07) is 10.8. The van der Waals surface area contributed by atoms with E-state index in [4.69, 9.17) is 4.52 Å². The molecule has 0 aliphatic rings. The molecule has 0 saturated carbocycles. The highest BCUT2D eigenvalue weighted by atomic mass is 19.1. The standard InChI is InChI=1S/C22H22F2N4O3/c1-13(25-20(29)11-16-8-17(23)12-18(24)9-16)21(30)27-19(22-26-14(2)28-31-22)10-15-6-4-3-5-7-15/h3-9,12-13,19H,10-11H2,1-2H3,(H,25,29)(H,27,30)/t13-,19-/m0/s1. The first-order valence-corrected chi connectivity index (χ1v) is 9.69. The largest absolute Gasteiger partial charge is 0.344 e. The Morgan fingerprint density at radius 2 is 1.71 bits per heavy atom. The van der Waals surface area contributed by atoms with E-state index in [1.807, 2.05) is 30.3 Å². The summed E-state index contributed by atoms with van der Waals surface area (Å²) >= 11 is 0. The van der Waals surface area contributed by atoms with Gasteiger partial charge in [0.05, 0.1) is 6.42 Å². The van der Waals surface area contributed by atoms with Crippen molar-refractivity contribution in [3.63, 3.8) is 0 Å². The minimum absolute atomic E-state index is 0.172. The molecule has 31 heavy (non-hydrogen) atoms. The topological polar surface area (TPSA) is 97.1 Å². The van der Waals surface area contributed by atoms with Crippen molar-refractivity contribution in [3.05, 3.63) is 83.0 Å². The van der Waals surface area contributed by atoms with E-state index in [9.17, 15) is 18.4 Å². The molecule has 162 valence electrons. The van der Waals surface area contributed by atoms with E-state index in [1.54, 1.807) is 6.92 Å². The number of carbonyl (C=O) groups excluding carboxylic acids is 2. The van der Waals surface area contributed by atoms with Crippen LogP contribution in [0.2, 0.25) is 0 Å². The quantitative estimate of drug-likeness (QED) is 0.575. The lowest BCUT2D eigenvalue weighted by Gasteiger charge is -2.19. The lowest BCUT2D eigenvalue weighted by atomic mass is 10.1. The van der Waals surface area contributed by atoms with E-state index in [0.717, 1.165) is 23.8 Å². The van der Waals surface area contributed by atoms with E-state index < -0.39 is 35.5 Å². The van der Waals surface area contributed by atoms with Crippen LogP contribution in [0.15, 0.2) is 53.1 Å². The van der Waals surface area contributed by atoms with Gasteiger partial charge in [-0.3, -0.25) is 9.59 Å². The Morgan fingerprint density at radius 1 is 1.03 bits per heavy atom. The van der Waals surface area contributed by atoms with Crippen molar-refractivity contribution < 1.29 is 22.9 Å². The normalized spacial score (nSPS) is 12.8. The number of amides is 2. The van der Waals surface area contributed by atoms with E-state index in [1.165, 1.54) is 6.92 Å². The van der Waals surface area contributed by atoms with E-state index in [0.29, 0.717) is 12.2 Å². The maximum absolute atomic E-state index is 13.3. The Balaban J connectivity index is 1.64. The molecule has 3 aromatic rings. The minimum Gasteiger partial charge on any atom is -0.344 e. The number of halogens is 2. The maximum Gasteiger partial charge on any atom is 0.249 e. The third-order valence-corrected chi connectivity index (χ3v) is 4.50. The summed E-state index contributed by atoms with van der Waals surface area (Å²) in [6.45, 7) is 3.19. The number of carbonyl (C=O) groups is 2. The molecule has 1 aromatic heterocycles. The number of rotatable bonds is 8. The number of benzene rings is 2. The highest BCUT2D eigenvalue weighted by Crippen LogP contribution is 2.17. The predicted octanol–water partition coefficient (Wildman–Crippen LogP) is 2.80. The summed E-state index contributed by atoms with van der Waals surface area (Å²) in [6.07, 6.45) is 0.153. The van der Waals surface area contributed by atoms with Crippen LogP contribution in [0.5, 0.6) is 0 Å². The third-order valence-electron chi connectivity index (χ3n) is 4.50. The van der Waals surface area contributed by atoms with Crippen LogP contribution in [-0.2, 0) is 22.4 Å². The Hall–Kier alpha value is -3.62. The summed E-state index contributed by atoms with van der Waals surface area (Å²) in [5.41, 5.74) is 1.12. The summed E-state index contributed by atoms with van der Waals surface area (Å²) < 4.78 is 31.8. The maximum atomic E-state index is 13.3. The zero-order valence-corrected chi connectivity index (χ0v) is 17.1. The molecule has 0 radical (unpaired) electrons. The van der Waals surface area contributed by atoms with Gasteiger partial charge in [-0.1, -0.05) is 35.5 Å². The molecule has 9 heteroatoms. The summed E-state index contributed by atoms with van der Waals surface area (Å²) in [5, 5.41) is 9.12. The molecule has 0 aliphatic carbocycles. The smallest absolute Gasteiger partial charge is 0.249 e. The Kier molecular flexibility index (Phi) is 7.07. The van der Waals surface area contributed by atoms with Crippen molar-refractivity contribution in [1.29, 1.82) is 0 Å². The fraction of sp³-hybridized carbons (Fsp3) is 0.273. The average molecular weight is 428 g/mol.